The minimum absolute atomic E-state index is 0.0186. The molecule has 1 aliphatic heterocycles. The largest absolute Gasteiger partial charge is 0.480 e. The first-order chi connectivity index (χ1) is 7.02. The first-order valence-electron chi connectivity index (χ1n) is 5.16. The molecule has 0 aromatic rings. The molecule has 1 heterocycles. The Balaban J connectivity index is 2.61. The van der Waals surface area contributed by atoms with Crippen LogP contribution in [0.15, 0.2) is 0 Å². The van der Waals surface area contributed by atoms with Crippen LogP contribution in [0.25, 0.3) is 0 Å². The molecule has 1 amide bonds. The van der Waals surface area contributed by atoms with E-state index in [2.05, 4.69) is 0 Å². The van der Waals surface area contributed by atoms with Gasteiger partial charge >= 0.3 is 5.97 Å². The van der Waals surface area contributed by atoms with Crippen LogP contribution >= 0.6 is 11.8 Å². The van der Waals surface area contributed by atoms with E-state index in [4.69, 9.17) is 5.11 Å². The molecule has 1 atom stereocenters. The van der Waals surface area contributed by atoms with Crippen LogP contribution in [0.3, 0.4) is 0 Å². The van der Waals surface area contributed by atoms with E-state index in [0.29, 0.717) is 0 Å². The molecule has 1 rings (SSSR count). The van der Waals surface area contributed by atoms with Crippen molar-refractivity contribution in [3.8, 4) is 0 Å². The number of hydrogen-bond donors (Lipinski definition) is 1. The Hall–Kier alpha value is -0.710. The van der Waals surface area contributed by atoms with Gasteiger partial charge in [-0.15, -0.1) is 11.8 Å². The average Bonchev–Trinajstić information content (AvgIpc) is 2.65. The van der Waals surface area contributed by atoms with Crippen molar-refractivity contribution in [3.63, 3.8) is 0 Å². The summed E-state index contributed by atoms with van der Waals surface area (Å²) < 4.78 is 0. The predicted octanol–water partition coefficient (Wildman–Crippen LogP) is 1.20. The van der Waals surface area contributed by atoms with Gasteiger partial charge in [0, 0.05) is 6.04 Å². The fourth-order valence-electron chi connectivity index (χ4n) is 1.62. The number of hydrogen-bond acceptors (Lipinski definition) is 3. The van der Waals surface area contributed by atoms with Crippen molar-refractivity contribution in [2.24, 2.45) is 0 Å². The zero-order chi connectivity index (χ0) is 11.4. The lowest BCUT2D eigenvalue weighted by Crippen LogP contribution is -2.44. The van der Waals surface area contributed by atoms with Crippen LogP contribution in [0, 0.1) is 0 Å². The van der Waals surface area contributed by atoms with Crippen molar-refractivity contribution < 1.29 is 14.7 Å². The highest BCUT2D eigenvalue weighted by Crippen LogP contribution is 2.28. The number of carbonyl (C=O) groups is 2. The molecule has 0 bridgehead atoms. The maximum absolute atomic E-state index is 12.0. The van der Waals surface area contributed by atoms with Crippen molar-refractivity contribution >= 4 is 23.6 Å². The fraction of sp³-hybridized carbons (Fsp3) is 0.800. The molecular formula is C10H17NO3S. The summed E-state index contributed by atoms with van der Waals surface area (Å²) in [5, 5.41) is 8.70. The number of nitrogens with zero attached hydrogens (tertiary/aromatic N) is 1. The van der Waals surface area contributed by atoms with E-state index < -0.39 is 5.97 Å². The monoisotopic (exact) mass is 231 g/mol. The molecule has 0 radical (unpaired) electrons. The first-order valence-corrected chi connectivity index (χ1v) is 6.21. The number of thioether (sulfide) groups is 1. The second kappa shape index (κ2) is 5.39. The van der Waals surface area contributed by atoms with Gasteiger partial charge in [-0.1, -0.05) is 0 Å². The normalized spacial score (nSPS) is 20.6. The Kier molecular flexibility index (Phi) is 4.45. The Morgan fingerprint density at radius 3 is 2.60 bits per heavy atom. The van der Waals surface area contributed by atoms with Crippen LogP contribution in [0.4, 0.5) is 0 Å². The summed E-state index contributed by atoms with van der Waals surface area (Å²) >= 11 is 1.64. The van der Waals surface area contributed by atoms with Crippen molar-refractivity contribution in [2.75, 3.05) is 12.3 Å². The van der Waals surface area contributed by atoms with Gasteiger partial charge in [-0.05, 0) is 32.4 Å². The molecule has 5 heteroatoms. The van der Waals surface area contributed by atoms with E-state index in [1.807, 2.05) is 13.8 Å². The van der Waals surface area contributed by atoms with Gasteiger partial charge in [0.15, 0.2) is 0 Å². The summed E-state index contributed by atoms with van der Waals surface area (Å²) in [6, 6.07) is -0.0465. The highest BCUT2D eigenvalue weighted by molar-refractivity contribution is 8.00. The third-order valence-electron chi connectivity index (χ3n) is 2.42. The van der Waals surface area contributed by atoms with E-state index in [-0.39, 0.29) is 23.7 Å². The van der Waals surface area contributed by atoms with Crippen molar-refractivity contribution in [2.45, 2.75) is 38.0 Å². The Bertz CT molecular complexity index is 249. The van der Waals surface area contributed by atoms with Crippen LogP contribution in [0.2, 0.25) is 0 Å². The second-order valence-electron chi connectivity index (χ2n) is 3.96. The number of carboxylic acid groups (broad SMARTS) is 1. The van der Waals surface area contributed by atoms with Crippen LogP contribution < -0.4 is 0 Å². The maximum atomic E-state index is 12.0. The second-order valence-corrected chi connectivity index (χ2v) is 5.27. The number of rotatable bonds is 4. The molecule has 1 fully saturated rings. The van der Waals surface area contributed by atoms with Crippen molar-refractivity contribution in [1.29, 1.82) is 0 Å². The Labute approximate surface area is 94.0 Å². The van der Waals surface area contributed by atoms with Crippen LogP contribution in [0.5, 0.6) is 0 Å². The summed E-state index contributed by atoms with van der Waals surface area (Å²) in [5.41, 5.74) is 0. The van der Waals surface area contributed by atoms with Gasteiger partial charge in [0.25, 0.3) is 0 Å². The van der Waals surface area contributed by atoms with E-state index in [1.165, 1.54) is 4.90 Å². The minimum atomic E-state index is -0.944. The van der Waals surface area contributed by atoms with Crippen LogP contribution in [-0.2, 0) is 9.59 Å². The molecule has 1 N–H and O–H groups in total. The zero-order valence-electron chi connectivity index (χ0n) is 9.10. The molecule has 4 nitrogen and oxygen atoms in total. The van der Waals surface area contributed by atoms with E-state index in [1.54, 1.807) is 11.8 Å². The summed E-state index contributed by atoms with van der Waals surface area (Å²) in [7, 11) is 0. The standard InChI is InChI=1S/C10H17NO3S/c1-7(2)11(6-9(12)13)10(14)8-4-3-5-15-8/h7-8H,3-6H2,1-2H3,(H,12,13). The number of amides is 1. The van der Waals surface area contributed by atoms with Gasteiger partial charge in [-0.2, -0.15) is 0 Å². The molecule has 15 heavy (non-hydrogen) atoms. The van der Waals surface area contributed by atoms with Gasteiger partial charge in [-0.25, -0.2) is 0 Å². The summed E-state index contributed by atoms with van der Waals surface area (Å²) in [4.78, 5) is 24.0. The lowest BCUT2D eigenvalue weighted by atomic mass is 10.2. The molecule has 86 valence electrons. The third kappa shape index (κ3) is 3.41. The van der Waals surface area contributed by atoms with Crippen molar-refractivity contribution in [1.82, 2.24) is 4.90 Å². The molecule has 0 aromatic carbocycles. The molecule has 1 unspecified atom stereocenters. The van der Waals surface area contributed by atoms with E-state index in [9.17, 15) is 9.59 Å². The van der Waals surface area contributed by atoms with Gasteiger partial charge < -0.3 is 10.0 Å². The van der Waals surface area contributed by atoms with E-state index in [0.717, 1.165) is 18.6 Å². The smallest absolute Gasteiger partial charge is 0.323 e. The van der Waals surface area contributed by atoms with Crippen LogP contribution in [-0.4, -0.2) is 45.5 Å². The highest BCUT2D eigenvalue weighted by Gasteiger charge is 2.30. The summed E-state index contributed by atoms with van der Waals surface area (Å²) in [6.07, 6.45) is 1.94. The lowest BCUT2D eigenvalue weighted by molar-refractivity contribution is -0.145. The van der Waals surface area contributed by atoms with Gasteiger partial charge in [0.2, 0.25) is 5.91 Å². The molecule has 0 saturated carbocycles. The number of carboxylic acids is 1. The molecular weight excluding hydrogens is 214 g/mol. The van der Waals surface area contributed by atoms with Crippen molar-refractivity contribution in [3.05, 3.63) is 0 Å². The fourth-order valence-corrected chi connectivity index (χ4v) is 2.85. The number of carbonyl (C=O) groups excluding carboxylic acids is 1. The molecule has 1 aliphatic rings. The molecule has 1 saturated heterocycles. The summed E-state index contributed by atoms with van der Waals surface area (Å²) in [6.45, 7) is 3.51. The molecule has 0 aliphatic carbocycles. The minimum Gasteiger partial charge on any atom is -0.480 e. The topological polar surface area (TPSA) is 57.6 Å². The summed E-state index contributed by atoms with van der Waals surface area (Å²) in [5.74, 6) is 0.0463. The Morgan fingerprint density at radius 2 is 2.20 bits per heavy atom. The average molecular weight is 231 g/mol. The third-order valence-corrected chi connectivity index (χ3v) is 3.78. The highest BCUT2D eigenvalue weighted by atomic mass is 32.2. The zero-order valence-corrected chi connectivity index (χ0v) is 9.92. The van der Waals surface area contributed by atoms with E-state index >= 15 is 0 Å². The molecule has 0 spiro atoms. The number of aliphatic carboxylic acids is 1. The Morgan fingerprint density at radius 1 is 1.53 bits per heavy atom. The van der Waals surface area contributed by atoms with Gasteiger partial charge in [0.05, 0.1) is 5.25 Å². The molecule has 0 aromatic heterocycles. The van der Waals surface area contributed by atoms with Gasteiger partial charge in [-0.3, -0.25) is 9.59 Å². The maximum Gasteiger partial charge on any atom is 0.323 e. The first kappa shape index (κ1) is 12.4. The lowest BCUT2D eigenvalue weighted by Gasteiger charge is -2.27. The quantitative estimate of drug-likeness (QED) is 0.790. The van der Waals surface area contributed by atoms with Gasteiger partial charge in [0.1, 0.15) is 6.54 Å². The SMILES string of the molecule is CC(C)N(CC(=O)O)C(=O)C1CCCS1. The van der Waals surface area contributed by atoms with Crippen LogP contribution in [0.1, 0.15) is 26.7 Å². The predicted molar refractivity (Wildman–Crippen MR) is 60.0 cm³/mol.